The standard InChI is InChI=1S/C11H15NO2/c1-11(2,3)8-4-5-10(14-7-13)9(12)6-8/h4-7H,12H2,1-3H3. The van der Waals surface area contributed by atoms with Gasteiger partial charge < -0.3 is 10.5 Å². The van der Waals surface area contributed by atoms with Gasteiger partial charge in [0.1, 0.15) is 0 Å². The molecule has 0 aliphatic carbocycles. The molecule has 0 saturated heterocycles. The molecule has 14 heavy (non-hydrogen) atoms. The highest BCUT2D eigenvalue weighted by Gasteiger charge is 2.14. The molecule has 76 valence electrons. The summed E-state index contributed by atoms with van der Waals surface area (Å²) < 4.78 is 4.70. The topological polar surface area (TPSA) is 52.3 Å². The average molecular weight is 193 g/mol. The summed E-state index contributed by atoms with van der Waals surface area (Å²) in [4.78, 5) is 10.1. The number of ether oxygens (including phenoxy) is 1. The lowest BCUT2D eigenvalue weighted by Gasteiger charge is -2.19. The van der Waals surface area contributed by atoms with Crippen LogP contribution in [0, 0.1) is 0 Å². The van der Waals surface area contributed by atoms with Crippen molar-refractivity contribution in [3.05, 3.63) is 23.8 Å². The van der Waals surface area contributed by atoms with Gasteiger partial charge in [-0.1, -0.05) is 26.8 Å². The third-order valence-corrected chi connectivity index (χ3v) is 2.05. The molecule has 0 unspecified atom stereocenters. The monoisotopic (exact) mass is 193 g/mol. The maximum absolute atomic E-state index is 10.1. The largest absolute Gasteiger partial charge is 0.427 e. The van der Waals surface area contributed by atoms with Gasteiger partial charge >= 0.3 is 0 Å². The van der Waals surface area contributed by atoms with Gasteiger partial charge in [-0.05, 0) is 23.1 Å². The SMILES string of the molecule is CC(C)(C)c1ccc(OC=O)c(N)c1. The Labute approximate surface area is 83.9 Å². The maximum Gasteiger partial charge on any atom is 0.298 e. The first kappa shape index (κ1) is 10.6. The number of hydrogen-bond acceptors (Lipinski definition) is 3. The summed E-state index contributed by atoms with van der Waals surface area (Å²) in [5, 5.41) is 0. The van der Waals surface area contributed by atoms with E-state index in [0.717, 1.165) is 5.56 Å². The van der Waals surface area contributed by atoms with Crippen molar-refractivity contribution >= 4 is 12.2 Å². The van der Waals surface area contributed by atoms with Gasteiger partial charge in [-0.3, -0.25) is 4.79 Å². The van der Waals surface area contributed by atoms with E-state index in [0.29, 0.717) is 17.9 Å². The van der Waals surface area contributed by atoms with E-state index in [1.807, 2.05) is 12.1 Å². The Balaban J connectivity index is 3.06. The van der Waals surface area contributed by atoms with Gasteiger partial charge in [-0.15, -0.1) is 0 Å². The molecule has 0 aliphatic rings. The summed E-state index contributed by atoms with van der Waals surface area (Å²) in [6, 6.07) is 5.46. The molecule has 3 nitrogen and oxygen atoms in total. The molecule has 0 radical (unpaired) electrons. The van der Waals surface area contributed by atoms with Crippen molar-refractivity contribution in [3.63, 3.8) is 0 Å². The summed E-state index contributed by atoms with van der Waals surface area (Å²) >= 11 is 0. The molecule has 0 spiro atoms. The number of nitrogen functional groups attached to an aromatic ring is 1. The Morgan fingerprint density at radius 1 is 1.36 bits per heavy atom. The van der Waals surface area contributed by atoms with E-state index < -0.39 is 0 Å². The number of hydrogen-bond donors (Lipinski definition) is 1. The Morgan fingerprint density at radius 3 is 2.43 bits per heavy atom. The van der Waals surface area contributed by atoms with Gasteiger partial charge in [0.15, 0.2) is 5.75 Å². The van der Waals surface area contributed by atoms with Gasteiger partial charge in [0.05, 0.1) is 5.69 Å². The average Bonchev–Trinajstić information content (AvgIpc) is 2.07. The molecule has 0 saturated carbocycles. The van der Waals surface area contributed by atoms with Crippen LogP contribution in [0.25, 0.3) is 0 Å². The molecule has 1 aromatic carbocycles. The van der Waals surface area contributed by atoms with E-state index >= 15 is 0 Å². The van der Waals surface area contributed by atoms with Crippen molar-refractivity contribution in [2.24, 2.45) is 0 Å². The zero-order valence-corrected chi connectivity index (χ0v) is 8.70. The Bertz CT molecular complexity index is 340. The van der Waals surface area contributed by atoms with Crippen molar-refractivity contribution in [2.75, 3.05) is 5.73 Å². The molecule has 0 bridgehead atoms. The molecular weight excluding hydrogens is 178 g/mol. The smallest absolute Gasteiger partial charge is 0.298 e. The van der Waals surface area contributed by atoms with E-state index in [2.05, 4.69) is 20.8 Å². The third kappa shape index (κ3) is 2.25. The number of benzene rings is 1. The minimum Gasteiger partial charge on any atom is -0.427 e. The molecule has 3 heteroatoms. The number of carbonyl (C=O) groups excluding carboxylic acids is 1. The highest BCUT2D eigenvalue weighted by molar-refractivity contribution is 5.59. The number of nitrogens with two attached hydrogens (primary N) is 1. The van der Waals surface area contributed by atoms with Gasteiger partial charge in [0.2, 0.25) is 0 Å². The second-order valence-corrected chi connectivity index (χ2v) is 4.22. The van der Waals surface area contributed by atoms with Crippen LogP contribution in [0.15, 0.2) is 18.2 Å². The predicted octanol–water partition coefficient (Wildman–Crippen LogP) is 2.10. The second-order valence-electron chi connectivity index (χ2n) is 4.22. The first-order valence-electron chi connectivity index (χ1n) is 4.45. The molecule has 0 fully saturated rings. The fourth-order valence-corrected chi connectivity index (χ4v) is 1.17. The molecule has 0 atom stereocenters. The van der Waals surface area contributed by atoms with E-state index in [-0.39, 0.29) is 5.41 Å². The van der Waals surface area contributed by atoms with Crippen LogP contribution in [0.2, 0.25) is 0 Å². The minimum absolute atomic E-state index is 0.0494. The Hall–Kier alpha value is -1.51. The van der Waals surface area contributed by atoms with Crippen LogP contribution in [-0.4, -0.2) is 6.47 Å². The second kappa shape index (κ2) is 3.70. The summed E-state index contributed by atoms with van der Waals surface area (Å²) in [6.45, 7) is 6.68. The van der Waals surface area contributed by atoms with E-state index in [1.165, 1.54) is 0 Å². The van der Waals surface area contributed by atoms with E-state index in [4.69, 9.17) is 10.5 Å². The zero-order chi connectivity index (χ0) is 10.8. The van der Waals surface area contributed by atoms with Crippen LogP contribution in [0.3, 0.4) is 0 Å². The zero-order valence-electron chi connectivity index (χ0n) is 8.70. The molecule has 0 aliphatic heterocycles. The highest BCUT2D eigenvalue weighted by atomic mass is 16.5. The Kier molecular flexibility index (Phi) is 2.79. The molecule has 1 aromatic rings. The van der Waals surface area contributed by atoms with Gasteiger partial charge in [0, 0.05) is 0 Å². The maximum atomic E-state index is 10.1. The van der Waals surface area contributed by atoms with Crippen molar-refractivity contribution < 1.29 is 9.53 Å². The summed E-state index contributed by atoms with van der Waals surface area (Å²) in [5.74, 6) is 0.410. The van der Waals surface area contributed by atoms with Crippen molar-refractivity contribution in [1.29, 1.82) is 0 Å². The predicted molar refractivity (Wildman–Crippen MR) is 56.2 cm³/mol. The summed E-state index contributed by atoms with van der Waals surface area (Å²) in [6.07, 6.45) is 0. The van der Waals surface area contributed by atoms with E-state index in [9.17, 15) is 4.79 Å². The summed E-state index contributed by atoms with van der Waals surface area (Å²) in [5.41, 5.74) is 7.38. The number of rotatable bonds is 2. The Morgan fingerprint density at radius 2 is 2.00 bits per heavy atom. The van der Waals surface area contributed by atoms with Gasteiger partial charge in [-0.2, -0.15) is 0 Å². The first-order valence-corrected chi connectivity index (χ1v) is 4.45. The highest BCUT2D eigenvalue weighted by Crippen LogP contribution is 2.29. The lowest BCUT2D eigenvalue weighted by molar-refractivity contribution is -0.120. The van der Waals surface area contributed by atoms with Crippen LogP contribution in [-0.2, 0) is 10.2 Å². The first-order chi connectivity index (χ1) is 6.45. The molecule has 0 amide bonds. The number of anilines is 1. The van der Waals surface area contributed by atoms with Crippen LogP contribution < -0.4 is 10.5 Å². The molecular formula is C11H15NO2. The van der Waals surface area contributed by atoms with Crippen molar-refractivity contribution in [1.82, 2.24) is 0 Å². The van der Waals surface area contributed by atoms with Gasteiger partial charge in [0.25, 0.3) is 6.47 Å². The van der Waals surface area contributed by atoms with Crippen LogP contribution >= 0.6 is 0 Å². The lowest BCUT2D eigenvalue weighted by atomic mass is 9.87. The molecule has 0 heterocycles. The van der Waals surface area contributed by atoms with Crippen LogP contribution in [0.5, 0.6) is 5.75 Å². The van der Waals surface area contributed by atoms with Crippen LogP contribution in [0.1, 0.15) is 26.3 Å². The molecule has 0 aromatic heterocycles. The quantitative estimate of drug-likeness (QED) is 0.578. The van der Waals surface area contributed by atoms with Crippen molar-refractivity contribution in [2.45, 2.75) is 26.2 Å². The lowest BCUT2D eigenvalue weighted by Crippen LogP contribution is -2.11. The minimum atomic E-state index is 0.0494. The fraction of sp³-hybridized carbons (Fsp3) is 0.364. The number of carbonyl (C=O) groups is 1. The van der Waals surface area contributed by atoms with E-state index in [1.54, 1.807) is 6.07 Å². The normalized spacial score (nSPS) is 11.1. The fourth-order valence-electron chi connectivity index (χ4n) is 1.17. The van der Waals surface area contributed by atoms with Crippen molar-refractivity contribution in [3.8, 4) is 5.75 Å². The van der Waals surface area contributed by atoms with Crippen LogP contribution in [0.4, 0.5) is 5.69 Å². The summed E-state index contributed by atoms with van der Waals surface area (Å²) in [7, 11) is 0. The molecule has 2 N–H and O–H groups in total. The third-order valence-electron chi connectivity index (χ3n) is 2.05. The molecule has 1 rings (SSSR count). The van der Waals surface area contributed by atoms with Gasteiger partial charge in [-0.25, -0.2) is 0 Å².